The van der Waals surface area contributed by atoms with Gasteiger partial charge in [0.2, 0.25) is 10.9 Å². The summed E-state index contributed by atoms with van der Waals surface area (Å²) < 4.78 is 5.32. The Bertz CT molecular complexity index is 728. The molecule has 1 aliphatic heterocycles. The molecule has 0 radical (unpaired) electrons. The Morgan fingerprint density at radius 1 is 1.15 bits per heavy atom. The molecule has 0 aromatic heterocycles. The van der Waals surface area contributed by atoms with E-state index in [1.165, 1.54) is 0 Å². The molecule has 20 heavy (non-hydrogen) atoms. The van der Waals surface area contributed by atoms with Crippen LogP contribution in [0.5, 0.6) is 0 Å². The fourth-order valence-electron chi connectivity index (χ4n) is 2.46. The molecule has 0 spiro atoms. The van der Waals surface area contributed by atoms with E-state index in [-0.39, 0.29) is 5.69 Å². The molecule has 0 bridgehead atoms. The minimum atomic E-state index is -0.608. The molecule has 0 amide bonds. The van der Waals surface area contributed by atoms with Gasteiger partial charge in [-0.2, -0.15) is 0 Å². The third-order valence-corrected chi connectivity index (χ3v) is 3.76. The molecular formula is C14H13ClN2O3. The fraction of sp³-hybridized carbons (Fsp3) is 0.286. The Hall–Kier alpha value is -1.85. The molecule has 3 rings (SSSR count). The van der Waals surface area contributed by atoms with E-state index in [4.69, 9.17) is 22.1 Å². The SMILES string of the molecule is Nc1c(-c2ccc(Cl)cc2N2CCOCC2)c(=O)c1=O. The minimum absolute atomic E-state index is 0.0341. The monoisotopic (exact) mass is 292 g/mol. The maximum absolute atomic E-state index is 11.7. The Balaban J connectivity index is 2.12. The highest BCUT2D eigenvalue weighted by Crippen LogP contribution is 2.34. The quantitative estimate of drug-likeness (QED) is 0.837. The van der Waals surface area contributed by atoms with Crippen molar-refractivity contribution in [3.63, 3.8) is 0 Å². The van der Waals surface area contributed by atoms with Crippen molar-refractivity contribution < 1.29 is 4.74 Å². The molecule has 0 atom stereocenters. The zero-order valence-electron chi connectivity index (χ0n) is 10.7. The highest BCUT2D eigenvalue weighted by molar-refractivity contribution is 6.31. The van der Waals surface area contributed by atoms with Crippen LogP contribution < -0.4 is 21.5 Å². The lowest BCUT2D eigenvalue weighted by Crippen LogP contribution is -2.39. The van der Waals surface area contributed by atoms with Crippen LogP contribution in [0.3, 0.4) is 0 Å². The van der Waals surface area contributed by atoms with Crippen LogP contribution in [0, 0.1) is 0 Å². The third-order valence-electron chi connectivity index (χ3n) is 3.53. The number of morpholine rings is 1. The smallest absolute Gasteiger partial charge is 0.249 e. The summed E-state index contributed by atoms with van der Waals surface area (Å²) in [4.78, 5) is 25.1. The van der Waals surface area contributed by atoms with Crippen molar-refractivity contribution >= 4 is 23.0 Å². The number of hydrogen-bond acceptors (Lipinski definition) is 5. The predicted molar refractivity (Wildman–Crippen MR) is 79.2 cm³/mol. The molecule has 1 aliphatic rings. The van der Waals surface area contributed by atoms with Gasteiger partial charge in [0.15, 0.2) is 0 Å². The van der Waals surface area contributed by atoms with Gasteiger partial charge >= 0.3 is 0 Å². The first-order valence-electron chi connectivity index (χ1n) is 6.31. The molecule has 1 fully saturated rings. The fourth-order valence-corrected chi connectivity index (χ4v) is 2.63. The van der Waals surface area contributed by atoms with E-state index in [0.29, 0.717) is 42.5 Å². The van der Waals surface area contributed by atoms with Crippen molar-refractivity contribution in [1.29, 1.82) is 0 Å². The minimum Gasteiger partial charge on any atom is -0.395 e. The number of hydrogen-bond donors (Lipinski definition) is 1. The molecule has 5 nitrogen and oxygen atoms in total. The van der Waals surface area contributed by atoms with Crippen LogP contribution in [0.2, 0.25) is 5.02 Å². The van der Waals surface area contributed by atoms with Crippen molar-refractivity contribution in [1.82, 2.24) is 0 Å². The molecule has 2 N–H and O–H groups in total. The number of benzene rings is 1. The van der Waals surface area contributed by atoms with Gasteiger partial charge < -0.3 is 15.4 Å². The zero-order valence-corrected chi connectivity index (χ0v) is 11.4. The summed E-state index contributed by atoms with van der Waals surface area (Å²) in [6, 6.07) is 5.22. The van der Waals surface area contributed by atoms with Crippen molar-refractivity contribution in [3.05, 3.63) is 43.7 Å². The largest absolute Gasteiger partial charge is 0.395 e. The number of nitrogen functional groups attached to an aromatic ring is 1. The number of ether oxygens (including phenoxy) is 1. The predicted octanol–water partition coefficient (Wildman–Crippen LogP) is 1.02. The van der Waals surface area contributed by atoms with Crippen LogP contribution in [0.25, 0.3) is 11.1 Å². The first-order chi connectivity index (χ1) is 9.59. The van der Waals surface area contributed by atoms with Gasteiger partial charge in [0, 0.05) is 29.4 Å². The average Bonchev–Trinajstić information content (AvgIpc) is 2.49. The highest BCUT2D eigenvalue weighted by Gasteiger charge is 2.24. The van der Waals surface area contributed by atoms with Crippen molar-refractivity contribution in [2.24, 2.45) is 0 Å². The Kier molecular flexibility index (Phi) is 3.23. The lowest BCUT2D eigenvalue weighted by atomic mass is 9.96. The lowest BCUT2D eigenvalue weighted by Gasteiger charge is -2.31. The van der Waals surface area contributed by atoms with E-state index in [1.54, 1.807) is 18.2 Å². The summed E-state index contributed by atoms with van der Waals surface area (Å²) in [5, 5.41) is 0.576. The maximum atomic E-state index is 11.7. The second-order valence-electron chi connectivity index (χ2n) is 4.71. The molecule has 0 aliphatic carbocycles. The maximum Gasteiger partial charge on any atom is 0.249 e. The van der Waals surface area contributed by atoms with Crippen LogP contribution in [-0.2, 0) is 4.74 Å². The molecule has 0 saturated carbocycles. The Morgan fingerprint density at radius 3 is 2.50 bits per heavy atom. The number of anilines is 2. The van der Waals surface area contributed by atoms with E-state index in [1.807, 2.05) is 0 Å². The third kappa shape index (κ3) is 1.99. The van der Waals surface area contributed by atoms with Gasteiger partial charge in [-0.25, -0.2) is 0 Å². The number of nitrogens with zero attached hydrogens (tertiary/aromatic N) is 1. The standard InChI is InChI=1S/C14H13ClN2O3/c15-8-1-2-9(11-12(16)14(19)13(11)18)10(7-8)17-3-5-20-6-4-17/h1-2,7H,3-6,16H2. The molecule has 0 unspecified atom stereocenters. The molecule has 1 saturated heterocycles. The first kappa shape index (κ1) is 13.1. The molecular weight excluding hydrogens is 280 g/mol. The van der Waals surface area contributed by atoms with Gasteiger partial charge in [-0.3, -0.25) is 9.59 Å². The molecule has 2 aromatic carbocycles. The zero-order chi connectivity index (χ0) is 14.3. The second-order valence-corrected chi connectivity index (χ2v) is 5.14. The van der Waals surface area contributed by atoms with Crippen LogP contribution in [0.15, 0.2) is 27.8 Å². The average molecular weight is 293 g/mol. The van der Waals surface area contributed by atoms with Crippen molar-refractivity contribution in [2.75, 3.05) is 36.9 Å². The number of rotatable bonds is 2. The van der Waals surface area contributed by atoms with Gasteiger partial charge in [0.1, 0.15) is 0 Å². The summed E-state index contributed by atoms with van der Waals surface area (Å²) in [6.45, 7) is 2.66. The normalized spacial score (nSPS) is 15.8. The van der Waals surface area contributed by atoms with E-state index in [0.717, 1.165) is 5.69 Å². The highest BCUT2D eigenvalue weighted by atomic mass is 35.5. The second kappa shape index (κ2) is 4.92. The Labute approximate surface area is 120 Å². The van der Waals surface area contributed by atoms with Gasteiger partial charge in [-0.15, -0.1) is 0 Å². The van der Waals surface area contributed by atoms with E-state index in [9.17, 15) is 9.59 Å². The van der Waals surface area contributed by atoms with Crippen molar-refractivity contribution in [3.8, 4) is 11.1 Å². The van der Waals surface area contributed by atoms with Crippen LogP contribution in [0.4, 0.5) is 11.4 Å². The molecule has 6 heteroatoms. The van der Waals surface area contributed by atoms with E-state index >= 15 is 0 Å². The van der Waals surface area contributed by atoms with Gasteiger partial charge in [-0.05, 0) is 12.1 Å². The van der Waals surface area contributed by atoms with Gasteiger partial charge in [0.25, 0.3) is 0 Å². The first-order valence-corrected chi connectivity index (χ1v) is 6.69. The molecule has 104 valence electrons. The lowest BCUT2D eigenvalue weighted by molar-refractivity contribution is 0.123. The van der Waals surface area contributed by atoms with Gasteiger partial charge in [0.05, 0.1) is 24.5 Å². The molecule has 2 aromatic rings. The van der Waals surface area contributed by atoms with E-state index < -0.39 is 10.9 Å². The summed E-state index contributed by atoms with van der Waals surface area (Å²) in [6.07, 6.45) is 0. The Morgan fingerprint density at radius 2 is 1.85 bits per heavy atom. The molecule has 1 heterocycles. The van der Waals surface area contributed by atoms with Crippen LogP contribution in [0.1, 0.15) is 0 Å². The number of nitrogens with two attached hydrogens (primary N) is 1. The van der Waals surface area contributed by atoms with E-state index in [2.05, 4.69) is 4.90 Å². The van der Waals surface area contributed by atoms with Gasteiger partial charge in [-0.1, -0.05) is 17.7 Å². The van der Waals surface area contributed by atoms with Crippen LogP contribution >= 0.6 is 11.6 Å². The summed E-state index contributed by atoms with van der Waals surface area (Å²) in [5.74, 6) is 0. The van der Waals surface area contributed by atoms with Crippen molar-refractivity contribution in [2.45, 2.75) is 0 Å². The summed E-state index contributed by atoms with van der Waals surface area (Å²) in [7, 11) is 0. The summed E-state index contributed by atoms with van der Waals surface area (Å²) in [5.41, 5.74) is 6.34. The number of halogens is 1. The van der Waals surface area contributed by atoms with Crippen LogP contribution in [-0.4, -0.2) is 26.3 Å². The topological polar surface area (TPSA) is 72.6 Å². The summed E-state index contributed by atoms with van der Waals surface area (Å²) >= 11 is 6.05.